The van der Waals surface area contributed by atoms with Crippen LogP contribution in [-0.2, 0) is 9.53 Å². The molecule has 2 aliphatic heterocycles. The van der Waals surface area contributed by atoms with Crippen LogP contribution in [0.25, 0.3) is 0 Å². The highest BCUT2D eigenvalue weighted by Crippen LogP contribution is 2.52. The number of aryl methyl sites for hydroxylation is 1. The fourth-order valence-electron chi connectivity index (χ4n) is 4.24. The van der Waals surface area contributed by atoms with Crippen molar-refractivity contribution in [3.8, 4) is 0 Å². The van der Waals surface area contributed by atoms with E-state index in [4.69, 9.17) is 9.72 Å². The van der Waals surface area contributed by atoms with Gasteiger partial charge in [-0.3, -0.25) is 4.79 Å². The number of morpholine rings is 1. The number of piperidine rings is 1. The molecule has 0 N–H and O–H groups in total. The van der Waals surface area contributed by atoms with E-state index in [-0.39, 0.29) is 11.3 Å². The first-order chi connectivity index (χ1) is 12.4. The number of aromatic nitrogens is 2. The molecule has 1 aliphatic carbocycles. The summed E-state index contributed by atoms with van der Waals surface area (Å²) in [4.78, 5) is 26.3. The summed E-state index contributed by atoms with van der Waals surface area (Å²) in [7, 11) is 0. The number of carbonyl (C=O) groups is 1. The van der Waals surface area contributed by atoms with Gasteiger partial charge in [0.15, 0.2) is 0 Å². The predicted molar refractivity (Wildman–Crippen MR) is 100 cm³/mol. The summed E-state index contributed by atoms with van der Waals surface area (Å²) in [6.07, 6.45) is 3.04. The monoisotopic (exact) mass is 358 g/mol. The van der Waals surface area contributed by atoms with Crippen LogP contribution in [0.4, 0.5) is 5.82 Å². The zero-order valence-corrected chi connectivity index (χ0v) is 16.2. The number of carbonyl (C=O) groups excluding carboxylic acids is 1. The van der Waals surface area contributed by atoms with Crippen LogP contribution < -0.4 is 4.90 Å². The molecule has 26 heavy (non-hydrogen) atoms. The Balaban J connectivity index is 1.41. The summed E-state index contributed by atoms with van der Waals surface area (Å²) in [5.74, 6) is 2.89. The second-order valence-corrected chi connectivity index (χ2v) is 8.64. The highest BCUT2D eigenvalue weighted by molar-refractivity contribution is 5.82. The average molecular weight is 358 g/mol. The highest BCUT2D eigenvalue weighted by Gasteiger charge is 2.52. The molecule has 142 valence electrons. The maximum absolute atomic E-state index is 12.6. The summed E-state index contributed by atoms with van der Waals surface area (Å²) >= 11 is 0. The molecular formula is C20H30N4O2. The molecule has 0 spiro atoms. The Kier molecular flexibility index (Phi) is 4.63. The maximum Gasteiger partial charge on any atom is 0.226 e. The molecule has 2 saturated heterocycles. The Bertz CT molecular complexity index is 676. The molecule has 0 aromatic carbocycles. The van der Waals surface area contributed by atoms with E-state index < -0.39 is 0 Å². The quantitative estimate of drug-likeness (QED) is 0.830. The minimum absolute atomic E-state index is 0.213. The van der Waals surface area contributed by atoms with E-state index >= 15 is 0 Å². The third kappa shape index (κ3) is 3.56. The lowest BCUT2D eigenvalue weighted by Crippen LogP contribution is -2.40. The topological polar surface area (TPSA) is 58.6 Å². The van der Waals surface area contributed by atoms with Crippen LogP contribution in [0.1, 0.15) is 50.5 Å². The normalized spacial score (nSPS) is 26.0. The Morgan fingerprint density at radius 3 is 2.42 bits per heavy atom. The first kappa shape index (κ1) is 17.7. The van der Waals surface area contributed by atoms with Gasteiger partial charge in [-0.2, -0.15) is 0 Å². The van der Waals surface area contributed by atoms with Gasteiger partial charge in [0, 0.05) is 49.8 Å². The maximum atomic E-state index is 12.6. The number of amides is 1. The summed E-state index contributed by atoms with van der Waals surface area (Å²) < 4.78 is 5.45. The van der Waals surface area contributed by atoms with Gasteiger partial charge in [0.2, 0.25) is 5.91 Å². The number of nitrogens with zero attached hydrogens (tertiary/aromatic N) is 4. The average Bonchev–Trinajstić information content (AvgIpc) is 3.30. The zero-order chi connectivity index (χ0) is 18.3. The number of hydrogen-bond acceptors (Lipinski definition) is 5. The second kappa shape index (κ2) is 6.80. The van der Waals surface area contributed by atoms with Crippen molar-refractivity contribution >= 4 is 11.7 Å². The molecule has 3 heterocycles. The standard InChI is InChI=1S/C20H30N4O2/c1-14-21-17(12-18(22-14)23-8-10-26-11-9-23)15-4-6-24(7-5-15)19(25)16-13-20(16,2)3/h12,15-16H,4-11,13H2,1-3H3/t16-/m1/s1. The van der Waals surface area contributed by atoms with Crippen LogP contribution >= 0.6 is 0 Å². The highest BCUT2D eigenvalue weighted by atomic mass is 16.5. The molecule has 6 heteroatoms. The molecule has 1 aromatic rings. The Morgan fingerprint density at radius 2 is 1.81 bits per heavy atom. The van der Waals surface area contributed by atoms with Gasteiger partial charge in [-0.25, -0.2) is 9.97 Å². The fraction of sp³-hybridized carbons (Fsp3) is 0.750. The van der Waals surface area contributed by atoms with Crippen LogP contribution in [0.2, 0.25) is 0 Å². The van der Waals surface area contributed by atoms with Gasteiger partial charge in [-0.15, -0.1) is 0 Å². The molecule has 1 amide bonds. The van der Waals surface area contributed by atoms with E-state index in [1.165, 1.54) is 0 Å². The van der Waals surface area contributed by atoms with Gasteiger partial charge in [-0.05, 0) is 31.6 Å². The van der Waals surface area contributed by atoms with Gasteiger partial charge >= 0.3 is 0 Å². The van der Waals surface area contributed by atoms with Crippen molar-refractivity contribution in [3.63, 3.8) is 0 Å². The molecule has 3 fully saturated rings. The van der Waals surface area contributed by atoms with E-state index in [1.807, 2.05) is 6.92 Å². The van der Waals surface area contributed by atoms with Gasteiger partial charge in [0.1, 0.15) is 11.6 Å². The van der Waals surface area contributed by atoms with Crippen molar-refractivity contribution in [1.29, 1.82) is 0 Å². The van der Waals surface area contributed by atoms with E-state index in [1.54, 1.807) is 0 Å². The van der Waals surface area contributed by atoms with E-state index in [0.717, 1.165) is 76.0 Å². The number of ether oxygens (including phenoxy) is 1. The lowest BCUT2D eigenvalue weighted by molar-refractivity contribution is -0.134. The van der Waals surface area contributed by atoms with Crippen molar-refractivity contribution < 1.29 is 9.53 Å². The van der Waals surface area contributed by atoms with Gasteiger partial charge in [-0.1, -0.05) is 13.8 Å². The van der Waals surface area contributed by atoms with Crippen LogP contribution in [0, 0.1) is 18.3 Å². The summed E-state index contributed by atoms with van der Waals surface area (Å²) in [6, 6.07) is 2.16. The number of likely N-dealkylation sites (tertiary alicyclic amines) is 1. The SMILES string of the molecule is Cc1nc(C2CCN(C(=O)[C@H]3CC3(C)C)CC2)cc(N2CCOCC2)n1. The van der Waals surface area contributed by atoms with Crippen LogP contribution in [0.5, 0.6) is 0 Å². The van der Waals surface area contributed by atoms with Crippen molar-refractivity contribution in [3.05, 3.63) is 17.6 Å². The lowest BCUT2D eigenvalue weighted by Gasteiger charge is -2.33. The van der Waals surface area contributed by atoms with Crippen LogP contribution in [-0.4, -0.2) is 60.2 Å². The summed E-state index contributed by atoms with van der Waals surface area (Å²) in [5, 5.41) is 0. The molecule has 0 radical (unpaired) electrons. The molecule has 4 rings (SSSR count). The van der Waals surface area contributed by atoms with Crippen molar-refractivity contribution in [2.24, 2.45) is 11.3 Å². The molecule has 3 aliphatic rings. The molecule has 1 aromatic heterocycles. The van der Waals surface area contributed by atoms with Gasteiger partial charge in [0.05, 0.1) is 13.2 Å². The van der Waals surface area contributed by atoms with E-state index in [9.17, 15) is 4.79 Å². The Hall–Kier alpha value is -1.69. The Labute approximate surface area is 155 Å². The second-order valence-electron chi connectivity index (χ2n) is 8.64. The number of anilines is 1. The van der Waals surface area contributed by atoms with Gasteiger partial charge in [0.25, 0.3) is 0 Å². The first-order valence-corrected chi connectivity index (χ1v) is 9.91. The minimum Gasteiger partial charge on any atom is -0.378 e. The van der Waals surface area contributed by atoms with E-state index in [2.05, 4.69) is 34.7 Å². The van der Waals surface area contributed by atoms with Crippen LogP contribution in [0.3, 0.4) is 0 Å². The fourth-order valence-corrected chi connectivity index (χ4v) is 4.24. The molecule has 6 nitrogen and oxygen atoms in total. The zero-order valence-electron chi connectivity index (χ0n) is 16.2. The number of hydrogen-bond donors (Lipinski definition) is 0. The van der Waals surface area contributed by atoms with Crippen LogP contribution in [0.15, 0.2) is 6.07 Å². The molecule has 0 unspecified atom stereocenters. The summed E-state index contributed by atoms with van der Waals surface area (Å²) in [6.45, 7) is 11.4. The van der Waals surface area contributed by atoms with Gasteiger partial charge < -0.3 is 14.5 Å². The van der Waals surface area contributed by atoms with Crippen molar-refractivity contribution in [2.45, 2.75) is 46.0 Å². The Morgan fingerprint density at radius 1 is 1.15 bits per heavy atom. The molecular weight excluding hydrogens is 328 g/mol. The summed E-state index contributed by atoms with van der Waals surface area (Å²) in [5.41, 5.74) is 1.35. The molecule has 1 saturated carbocycles. The minimum atomic E-state index is 0.213. The third-order valence-electron chi connectivity index (χ3n) is 6.22. The third-order valence-corrected chi connectivity index (χ3v) is 6.22. The lowest BCUT2D eigenvalue weighted by atomic mass is 9.92. The molecule has 0 bridgehead atoms. The largest absolute Gasteiger partial charge is 0.378 e. The van der Waals surface area contributed by atoms with E-state index in [0.29, 0.717) is 11.8 Å². The van der Waals surface area contributed by atoms with Crippen molar-refractivity contribution in [2.75, 3.05) is 44.3 Å². The number of rotatable bonds is 3. The predicted octanol–water partition coefficient (Wildman–Crippen LogP) is 2.37. The molecule has 1 atom stereocenters. The smallest absolute Gasteiger partial charge is 0.226 e. The van der Waals surface area contributed by atoms with Crippen molar-refractivity contribution in [1.82, 2.24) is 14.9 Å². The first-order valence-electron chi connectivity index (χ1n) is 9.91.